The third-order valence-electron chi connectivity index (χ3n) is 10.1. The summed E-state index contributed by atoms with van der Waals surface area (Å²) in [5, 5.41) is 6.23. The number of rotatable bonds is 38. The highest BCUT2D eigenvalue weighted by molar-refractivity contribution is 5.76. The number of quaternary nitrogens is 1. The molecule has 0 unspecified atom stereocenters. The normalized spacial score (nSPS) is 11.4. The van der Waals surface area contributed by atoms with E-state index < -0.39 is 0 Å². The Morgan fingerprint density at radius 1 is 0.375 bits per heavy atom. The number of nitrogens with zero attached hydrogens (tertiary/aromatic N) is 1. The lowest BCUT2D eigenvalue weighted by molar-refractivity contribution is -0.887. The molecule has 0 aliphatic heterocycles. The Hall–Kier alpha value is -0.810. The van der Waals surface area contributed by atoms with E-state index in [4.69, 9.17) is 0 Å². The third kappa shape index (κ3) is 39.6. The number of carbonyl (C=O) groups excluding carboxylic acids is 2. The minimum Gasteiger partial charge on any atom is -1.00 e. The highest BCUT2D eigenvalue weighted by Crippen LogP contribution is 2.15. The average molecular weight is 701 g/mol. The fourth-order valence-corrected chi connectivity index (χ4v) is 6.60. The first kappa shape index (κ1) is 49.3. The van der Waals surface area contributed by atoms with Crippen molar-refractivity contribution in [3.63, 3.8) is 0 Å². The number of amides is 2. The second-order valence-electron chi connectivity index (χ2n) is 15.5. The van der Waals surface area contributed by atoms with Crippen molar-refractivity contribution in [1.29, 1.82) is 0 Å². The summed E-state index contributed by atoms with van der Waals surface area (Å²) in [7, 11) is 4.36. The summed E-state index contributed by atoms with van der Waals surface area (Å²) < 4.78 is 0.804. The van der Waals surface area contributed by atoms with Crippen molar-refractivity contribution >= 4 is 11.8 Å². The molecule has 0 radical (unpaired) electrons. The first-order valence-corrected chi connectivity index (χ1v) is 21.3. The molecule has 0 saturated heterocycles. The van der Waals surface area contributed by atoms with Crippen LogP contribution >= 0.6 is 0 Å². The van der Waals surface area contributed by atoms with E-state index in [-0.39, 0.29) is 24.2 Å². The fraction of sp³-hybridized carbons (Fsp3) is 0.952. The Morgan fingerprint density at radius 2 is 0.583 bits per heavy atom. The zero-order chi connectivity index (χ0) is 34.5. The van der Waals surface area contributed by atoms with Gasteiger partial charge in [-0.3, -0.25) is 9.59 Å². The number of hydrogen-bond donors (Lipinski definition) is 2. The Labute approximate surface area is 307 Å². The number of carbonyl (C=O) groups is 2. The summed E-state index contributed by atoms with van der Waals surface area (Å²) in [4.78, 5) is 24.5. The van der Waals surface area contributed by atoms with Crippen LogP contribution in [0.2, 0.25) is 0 Å². The van der Waals surface area contributed by atoms with Crippen molar-refractivity contribution in [2.75, 3.05) is 40.3 Å². The molecule has 0 spiro atoms. The highest BCUT2D eigenvalue weighted by atomic mass is 35.5. The van der Waals surface area contributed by atoms with Gasteiger partial charge in [0.25, 0.3) is 0 Å². The number of hydrogen-bond acceptors (Lipinski definition) is 2. The van der Waals surface area contributed by atoms with Gasteiger partial charge >= 0.3 is 0 Å². The van der Waals surface area contributed by atoms with Crippen LogP contribution in [0.4, 0.5) is 0 Å². The van der Waals surface area contributed by atoms with Crippen LogP contribution in [0.1, 0.15) is 219 Å². The molecule has 0 aliphatic carbocycles. The molecule has 48 heavy (non-hydrogen) atoms. The molecule has 0 aromatic carbocycles. The van der Waals surface area contributed by atoms with Crippen molar-refractivity contribution < 1.29 is 26.5 Å². The molecule has 0 aliphatic rings. The zero-order valence-electron chi connectivity index (χ0n) is 33.1. The molecule has 5 nitrogen and oxygen atoms in total. The van der Waals surface area contributed by atoms with Crippen LogP contribution in [0, 0.1) is 0 Å². The van der Waals surface area contributed by atoms with Crippen LogP contribution in [0.5, 0.6) is 0 Å². The molecule has 0 heterocycles. The van der Waals surface area contributed by atoms with E-state index in [0.29, 0.717) is 25.9 Å². The predicted molar refractivity (Wildman–Crippen MR) is 207 cm³/mol. The standard InChI is InChI=1S/C42H85N3O2.ClH/c1-5-7-9-11-13-15-17-19-21-23-25-27-29-31-33-35-41(46)43-37-39-45(3,4)40-38-44-42(47)36-34-32-30-28-26-24-22-20-18-16-14-12-10-8-6-2;/h5-40H2,1-4H3,(H-,43,44,46,47);1H. The lowest BCUT2D eigenvalue weighted by atomic mass is 10.0. The smallest absolute Gasteiger partial charge is 0.220 e. The van der Waals surface area contributed by atoms with Gasteiger partial charge in [-0.05, 0) is 12.8 Å². The van der Waals surface area contributed by atoms with Crippen LogP contribution in [-0.4, -0.2) is 56.6 Å². The largest absolute Gasteiger partial charge is 1.00 e. The number of nitrogens with one attached hydrogen (secondary N) is 2. The van der Waals surface area contributed by atoms with Crippen molar-refractivity contribution in [2.45, 2.75) is 219 Å². The van der Waals surface area contributed by atoms with Crippen LogP contribution in [0.15, 0.2) is 0 Å². The van der Waals surface area contributed by atoms with Crippen molar-refractivity contribution in [3.05, 3.63) is 0 Å². The van der Waals surface area contributed by atoms with Crippen molar-refractivity contribution in [2.24, 2.45) is 0 Å². The fourth-order valence-electron chi connectivity index (χ4n) is 6.60. The molecule has 0 bridgehead atoms. The van der Waals surface area contributed by atoms with Gasteiger partial charge in [-0.2, -0.15) is 0 Å². The van der Waals surface area contributed by atoms with Crippen LogP contribution in [0.3, 0.4) is 0 Å². The van der Waals surface area contributed by atoms with Crippen molar-refractivity contribution in [1.82, 2.24) is 10.6 Å². The monoisotopic (exact) mass is 700 g/mol. The average Bonchev–Trinajstić information content (AvgIpc) is 3.04. The van der Waals surface area contributed by atoms with E-state index in [9.17, 15) is 9.59 Å². The van der Waals surface area contributed by atoms with Crippen LogP contribution < -0.4 is 23.0 Å². The molecular weight excluding hydrogens is 614 g/mol. The minimum absolute atomic E-state index is 0. The summed E-state index contributed by atoms with van der Waals surface area (Å²) >= 11 is 0. The van der Waals surface area contributed by atoms with E-state index in [1.807, 2.05) is 0 Å². The molecular formula is C42H86ClN3O2. The predicted octanol–water partition coefficient (Wildman–Crippen LogP) is 8.82. The van der Waals surface area contributed by atoms with Gasteiger partial charge in [-0.15, -0.1) is 0 Å². The van der Waals surface area contributed by atoms with E-state index >= 15 is 0 Å². The van der Waals surface area contributed by atoms with Crippen molar-refractivity contribution in [3.8, 4) is 0 Å². The number of halogens is 1. The van der Waals surface area contributed by atoms with Gasteiger partial charge in [-0.1, -0.05) is 194 Å². The summed E-state index contributed by atoms with van der Waals surface area (Å²) in [6.45, 7) is 7.76. The van der Waals surface area contributed by atoms with Gasteiger partial charge in [0.2, 0.25) is 11.8 Å². The SMILES string of the molecule is CCCCCCCCCCCCCCCCCC(=O)NCC[N+](C)(C)CCNC(=O)CCCCCCCCCCCCCCCCC.[Cl-]. The van der Waals surface area contributed by atoms with E-state index in [1.165, 1.54) is 180 Å². The lowest BCUT2D eigenvalue weighted by Gasteiger charge is -2.30. The second kappa shape index (κ2) is 39.0. The first-order chi connectivity index (χ1) is 22.9. The van der Waals surface area contributed by atoms with Gasteiger partial charge in [0.15, 0.2) is 0 Å². The molecule has 2 N–H and O–H groups in total. The molecule has 0 aromatic rings. The van der Waals surface area contributed by atoms with Crippen LogP contribution in [-0.2, 0) is 9.59 Å². The second-order valence-corrected chi connectivity index (χ2v) is 15.5. The molecule has 2 amide bonds. The van der Waals surface area contributed by atoms with E-state index in [2.05, 4.69) is 38.6 Å². The lowest BCUT2D eigenvalue weighted by Crippen LogP contribution is -3.00. The molecule has 0 aromatic heterocycles. The molecule has 0 saturated carbocycles. The maximum Gasteiger partial charge on any atom is 0.220 e. The minimum atomic E-state index is 0. The van der Waals surface area contributed by atoms with Gasteiger partial charge < -0.3 is 27.5 Å². The molecule has 6 heteroatoms. The van der Waals surface area contributed by atoms with E-state index in [1.54, 1.807) is 0 Å². The quantitative estimate of drug-likeness (QED) is 0.0500. The number of unbranched alkanes of at least 4 members (excludes halogenated alkanes) is 28. The van der Waals surface area contributed by atoms with Crippen LogP contribution in [0.25, 0.3) is 0 Å². The van der Waals surface area contributed by atoms with E-state index in [0.717, 1.165) is 30.4 Å². The maximum absolute atomic E-state index is 12.3. The van der Waals surface area contributed by atoms with Gasteiger partial charge in [-0.25, -0.2) is 0 Å². The summed E-state index contributed by atoms with van der Waals surface area (Å²) in [6.07, 6.45) is 41.7. The third-order valence-corrected chi connectivity index (χ3v) is 10.1. The zero-order valence-corrected chi connectivity index (χ0v) is 33.9. The summed E-state index contributed by atoms with van der Waals surface area (Å²) in [5.74, 6) is 0.382. The topological polar surface area (TPSA) is 58.2 Å². The molecule has 0 atom stereocenters. The van der Waals surface area contributed by atoms with Gasteiger partial charge in [0.1, 0.15) is 0 Å². The summed E-state index contributed by atoms with van der Waals surface area (Å²) in [5.41, 5.74) is 0. The van der Waals surface area contributed by atoms with Gasteiger partial charge in [0, 0.05) is 12.8 Å². The molecule has 0 rings (SSSR count). The Bertz CT molecular complexity index is 619. The maximum atomic E-state index is 12.3. The Kier molecular flexibility index (Phi) is 40.0. The Morgan fingerprint density at radius 3 is 0.812 bits per heavy atom. The van der Waals surface area contributed by atoms with Gasteiger partial charge in [0.05, 0.1) is 40.3 Å². The Balaban J connectivity index is 0. The summed E-state index contributed by atoms with van der Waals surface area (Å²) in [6, 6.07) is 0. The number of likely N-dealkylation sites (N-methyl/N-ethyl adjacent to an activating group) is 1. The molecule has 0 fully saturated rings. The molecule has 288 valence electrons. The first-order valence-electron chi connectivity index (χ1n) is 21.3. The highest BCUT2D eigenvalue weighted by Gasteiger charge is 2.15.